The first-order valence-electron chi connectivity index (χ1n) is 4.55. The van der Waals surface area contributed by atoms with Gasteiger partial charge in [0.2, 0.25) is 10.0 Å². The van der Waals surface area contributed by atoms with Gasteiger partial charge in [0.1, 0.15) is 11.4 Å². The Bertz CT molecular complexity index is 510. The third-order valence-electron chi connectivity index (χ3n) is 1.88. The third-order valence-corrected chi connectivity index (χ3v) is 3.47. The molecule has 96 valence electrons. The molecule has 0 aliphatic rings. The summed E-state index contributed by atoms with van der Waals surface area (Å²) >= 11 is 0. The fourth-order valence-electron chi connectivity index (χ4n) is 1.27. The highest BCUT2D eigenvalue weighted by Gasteiger charge is 2.40. The van der Waals surface area contributed by atoms with Gasteiger partial charge in [-0.15, -0.1) is 0 Å². The molecule has 0 amide bonds. The Hall–Kier alpha value is -1.15. The zero-order valence-electron chi connectivity index (χ0n) is 8.68. The van der Waals surface area contributed by atoms with Crippen LogP contribution in [0.3, 0.4) is 0 Å². The summed E-state index contributed by atoms with van der Waals surface area (Å²) in [5.41, 5.74) is -1.78. The maximum Gasteiger partial charge on any atom is 0.420 e. The normalized spacial score (nSPS) is 12.8. The van der Waals surface area contributed by atoms with Gasteiger partial charge in [-0.05, 0) is 12.1 Å². The zero-order valence-corrected chi connectivity index (χ0v) is 9.49. The highest BCUT2D eigenvalue weighted by Crippen LogP contribution is 2.35. The van der Waals surface area contributed by atoms with Crippen molar-refractivity contribution >= 4 is 10.0 Å². The molecular formula is C9H9F4NO2S. The standard InChI is InChI=1S/C9H9F4NO2S/c1-2-14-17(15,16)7-5-3-4-6(10)8(7)9(11,12)13/h3-5,14H,2H2,1H3. The molecule has 1 aromatic rings. The van der Waals surface area contributed by atoms with Crippen LogP contribution < -0.4 is 4.72 Å². The van der Waals surface area contributed by atoms with Crippen LogP contribution in [0.1, 0.15) is 12.5 Å². The van der Waals surface area contributed by atoms with E-state index in [1.807, 2.05) is 4.72 Å². The monoisotopic (exact) mass is 271 g/mol. The smallest absolute Gasteiger partial charge is 0.211 e. The predicted molar refractivity (Wildman–Crippen MR) is 52.3 cm³/mol. The zero-order chi connectivity index (χ0) is 13.3. The van der Waals surface area contributed by atoms with Crippen LogP contribution in [0.25, 0.3) is 0 Å². The molecule has 1 aromatic carbocycles. The SMILES string of the molecule is CCNS(=O)(=O)c1cccc(F)c1C(F)(F)F. The molecule has 0 aromatic heterocycles. The molecule has 1 rings (SSSR count). The van der Waals surface area contributed by atoms with Gasteiger partial charge in [0.15, 0.2) is 0 Å². The molecule has 8 heteroatoms. The van der Waals surface area contributed by atoms with Crippen molar-refractivity contribution in [2.45, 2.75) is 18.0 Å². The van der Waals surface area contributed by atoms with Crippen molar-refractivity contribution in [3.8, 4) is 0 Å². The number of hydrogen-bond donors (Lipinski definition) is 1. The van der Waals surface area contributed by atoms with Gasteiger partial charge >= 0.3 is 6.18 Å². The van der Waals surface area contributed by atoms with Gasteiger partial charge < -0.3 is 0 Å². The average molecular weight is 271 g/mol. The second-order valence-corrected chi connectivity index (χ2v) is 4.85. The quantitative estimate of drug-likeness (QED) is 0.856. The molecule has 0 aliphatic heterocycles. The highest BCUT2D eigenvalue weighted by atomic mass is 32.2. The second-order valence-electron chi connectivity index (χ2n) is 3.11. The number of alkyl halides is 3. The lowest BCUT2D eigenvalue weighted by molar-refractivity contribution is -0.142. The van der Waals surface area contributed by atoms with Crippen molar-refractivity contribution in [1.29, 1.82) is 0 Å². The number of benzene rings is 1. The maximum absolute atomic E-state index is 13.1. The van der Waals surface area contributed by atoms with Gasteiger partial charge in [0.25, 0.3) is 0 Å². The predicted octanol–water partition coefficient (Wildman–Crippen LogP) is 2.14. The first-order valence-corrected chi connectivity index (χ1v) is 6.04. The Labute approximate surface area is 95.5 Å². The molecular weight excluding hydrogens is 262 g/mol. The summed E-state index contributed by atoms with van der Waals surface area (Å²) in [6.07, 6.45) is -5.07. The number of hydrogen-bond acceptors (Lipinski definition) is 2. The van der Waals surface area contributed by atoms with E-state index in [0.29, 0.717) is 12.1 Å². The van der Waals surface area contributed by atoms with Crippen LogP contribution in [0, 0.1) is 5.82 Å². The van der Waals surface area contributed by atoms with E-state index in [1.165, 1.54) is 6.92 Å². The summed E-state index contributed by atoms with van der Waals surface area (Å²) < 4.78 is 75.6. The summed E-state index contributed by atoms with van der Waals surface area (Å²) in [7, 11) is -4.36. The van der Waals surface area contributed by atoms with Crippen molar-refractivity contribution in [2.24, 2.45) is 0 Å². The molecule has 0 saturated heterocycles. The van der Waals surface area contributed by atoms with Crippen LogP contribution in [0.2, 0.25) is 0 Å². The minimum absolute atomic E-state index is 0.0872. The fraction of sp³-hybridized carbons (Fsp3) is 0.333. The molecule has 0 atom stereocenters. The van der Waals surface area contributed by atoms with Crippen LogP contribution in [-0.2, 0) is 16.2 Å². The number of halogens is 4. The van der Waals surface area contributed by atoms with Crippen LogP contribution in [0.4, 0.5) is 17.6 Å². The number of nitrogens with one attached hydrogen (secondary N) is 1. The van der Waals surface area contributed by atoms with Gasteiger partial charge in [0, 0.05) is 6.54 Å². The third kappa shape index (κ3) is 2.95. The second kappa shape index (κ2) is 4.61. The summed E-state index contributed by atoms with van der Waals surface area (Å²) in [6, 6.07) is 2.19. The first-order chi connectivity index (χ1) is 7.70. The molecule has 0 saturated carbocycles. The Morgan fingerprint density at radius 3 is 2.35 bits per heavy atom. The van der Waals surface area contributed by atoms with Gasteiger partial charge in [-0.25, -0.2) is 17.5 Å². The summed E-state index contributed by atoms with van der Waals surface area (Å²) in [6.45, 7) is 1.32. The van der Waals surface area contributed by atoms with Gasteiger partial charge in [-0.3, -0.25) is 0 Å². The lowest BCUT2D eigenvalue weighted by atomic mass is 10.2. The molecule has 0 bridgehead atoms. The molecule has 0 heterocycles. The van der Waals surface area contributed by atoms with Crippen molar-refractivity contribution in [2.75, 3.05) is 6.54 Å². The number of sulfonamides is 1. The summed E-state index contributed by atoms with van der Waals surface area (Å²) in [5.74, 6) is -1.61. The van der Waals surface area contributed by atoms with Gasteiger partial charge in [0.05, 0.1) is 4.90 Å². The lowest BCUT2D eigenvalue weighted by Gasteiger charge is -2.13. The molecule has 0 radical (unpaired) electrons. The molecule has 0 spiro atoms. The van der Waals surface area contributed by atoms with Crippen LogP contribution in [0.15, 0.2) is 23.1 Å². The summed E-state index contributed by atoms with van der Waals surface area (Å²) in [4.78, 5) is -1.10. The molecule has 0 aliphatic carbocycles. The molecule has 1 N–H and O–H groups in total. The van der Waals surface area contributed by atoms with E-state index in [4.69, 9.17) is 0 Å². The first kappa shape index (κ1) is 13.9. The Kier molecular flexibility index (Phi) is 3.78. The van der Waals surface area contributed by atoms with E-state index in [1.54, 1.807) is 0 Å². The van der Waals surface area contributed by atoms with Crippen molar-refractivity contribution in [3.63, 3.8) is 0 Å². The van der Waals surface area contributed by atoms with Gasteiger partial charge in [-0.1, -0.05) is 13.0 Å². The molecule has 3 nitrogen and oxygen atoms in total. The van der Waals surface area contributed by atoms with E-state index >= 15 is 0 Å². The Balaban J connectivity index is 3.51. The van der Waals surface area contributed by atoms with Crippen molar-refractivity contribution in [3.05, 3.63) is 29.6 Å². The molecule has 17 heavy (non-hydrogen) atoms. The van der Waals surface area contributed by atoms with Crippen molar-refractivity contribution < 1.29 is 26.0 Å². The highest BCUT2D eigenvalue weighted by molar-refractivity contribution is 7.89. The van der Waals surface area contributed by atoms with E-state index in [0.717, 1.165) is 6.07 Å². The van der Waals surface area contributed by atoms with Crippen LogP contribution in [0.5, 0.6) is 0 Å². The van der Waals surface area contributed by atoms with Crippen LogP contribution in [-0.4, -0.2) is 15.0 Å². The van der Waals surface area contributed by atoms with Crippen LogP contribution >= 0.6 is 0 Å². The van der Waals surface area contributed by atoms with E-state index in [9.17, 15) is 26.0 Å². The fourth-order valence-corrected chi connectivity index (χ4v) is 2.55. The van der Waals surface area contributed by atoms with E-state index < -0.39 is 32.5 Å². The topological polar surface area (TPSA) is 46.2 Å². The largest absolute Gasteiger partial charge is 0.420 e. The average Bonchev–Trinajstić information content (AvgIpc) is 2.15. The molecule has 0 fully saturated rings. The minimum atomic E-state index is -5.07. The Morgan fingerprint density at radius 2 is 1.88 bits per heavy atom. The van der Waals surface area contributed by atoms with Crippen molar-refractivity contribution in [1.82, 2.24) is 4.72 Å². The number of rotatable bonds is 3. The Morgan fingerprint density at radius 1 is 1.29 bits per heavy atom. The summed E-state index contributed by atoms with van der Waals surface area (Å²) in [5, 5.41) is 0. The minimum Gasteiger partial charge on any atom is -0.211 e. The van der Waals surface area contributed by atoms with E-state index in [2.05, 4.69) is 0 Å². The molecule has 0 unspecified atom stereocenters. The lowest BCUT2D eigenvalue weighted by Crippen LogP contribution is -2.26. The van der Waals surface area contributed by atoms with E-state index in [-0.39, 0.29) is 6.54 Å². The van der Waals surface area contributed by atoms with Gasteiger partial charge in [-0.2, -0.15) is 13.2 Å². The maximum atomic E-state index is 13.1.